The zero-order chi connectivity index (χ0) is 14.8. The van der Waals surface area contributed by atoms with Gasteiger partial charge in [0.15, 0.2) is 5.65 Å². The molecule has 1 fully saturated rings. The van der Waals surface area contributed by atoms with Gasteiger partial charge in [-0.25, -0.2) is 9.97 Å². The molecule has 0 spiro atoms. The molecule has 4 heteroatoms. The average molecular weight is 292 g/mol. The van der Waals surface area contributed by atoms with Crippen LogP contribution in [0.4, 0.5) is 0 Å². The van der Waals surface area contributed by atoms with Crippen LogP contribution in [0.15, 0.2) is 48.7 Å². The highest BCUT2D eigenvalue weighted by atomic mass is 15.2. The van der Waals surface area contributed by atoms with Crippen LogP contribution in [0.25, 0.3) is 11.2 Å². The van der Waals surface area contributed by atoms with Crippen LogP contribution in [-0.4, -0.2) is 27.6 Å². The highest BCUT2D eigenvalue weighted by Gasteiger charge is 2.21. The van der Waals surface area contributed by atoms with Gasteiger partial charge in [-0.1, -0.05) is 30.3 Å². The van der Waals surface area contributed by atoms with E-state index in [2.05, 4.69) is 51.3 Å². The predicted octanol–water partition coefficient (Wildman–Crippen LogP) is 2.95. The fourth-order valence-corrected chi connectivity index (χ4v) is 3.33. The van der Waals surface area contributed by atoms with Gasteiger partial charge in [-0.05, 0) is 43.6 Å². The molecule has 1 N–H and O–H groups in total. The summed E-state index contributed by atoms with van der Waals surface area (Å²) in [5.74, 6) is 1.13. The van der Waals surface area contributed by atoms with Gasteiger partial charge in [0.1, 0.15) is 11.3 Å². The van der Waals surface area contributed by atoms with Crippen molar-refractivity contribution in [3.63, 3.8) is 0 Å². The number of nitrogens with zero attached hydrogens (tertiary/aromatic N) is 3. The number of benzene rings is 1. The van der Waals surface area contributed by atoms with E-state index in [1.54, 1.807) is 0 Å². The quantitative estimate of drug-likeness (QED) is 0.807. The second kappa shape index (κ2) is 5.89. The average Bonchev–Trinajstić information content (AvgIpc) is 2.94. The molecule has 1 aromatic carbocycles. The van der Waals surface area contributed by atoms with E-state index in [1.807, 2.05) is 12.3 Å². The van der Waals surface area contributed by atoms with E-state index >= 15 is 0 Å². The molecule has 4 rings (SSSR count). The Morgan fingerprint density at radius 3 is 2.68 bits per heavy atom. The fourth-order valence-electron chi connectivity index (χ4n) is 3.33. The van der Waals surface area contributed by atoms with Gasteiger partial charge in [0, 0.05) is 18.7 Å². The maximum Gasteiger partial charge on any atom is 0.160 e. The normalized spacial score (nSPS) is 16.2. The van der Waals surface area contributed by atoms with Crippen molar-refractivity contribution in [2.24, 2.45) is 0 Å². The molecule has 0 atom stereocenters. The molecule has 3 heterocycles. The fraction of sp³-hybridized carbons (Fsp3) is 0.333. The lowest BCUT2D eigenvalue weighted by Crippen LogP contribution is -2.30. The molecular formula is C18H20N4. The summed E-state index contributed by atoms with van der Waals surface area (Å²) < 4.78 is 2.38. The maximum atomic E-state index is 4.86. The SMILES string of the molecule is c1ccc(Cc2nc3cccnc3n2C2CCNCC2)cc1. The van der Waals surface area contributed by atoms with Crippen molar-refractivity contribution in [3.8, 4) is 0 Å². The van der Waals surface area contributed by atoms with E-state index in [4.69, 9.17) is 4.98 Å². The predicted molar refractivity (Wildman–Crippen MR) is 87.9 cm³/mol. The molecule has 4 nitrogen and oxygen atoms in total. The molecule has 112 valence electrons. The maximum absolute atomic E-state index is 4.86. The Hall–Kier alpha value is -2.20. The number of hydrogen-bond donors (Lipinski definition) is 1. The van der Waals surface area contributed by atoms with Gasteiger partial charge >= 0.3 is 0 Å². The van der Waals surface area contributed by atoms with Gasteiger partial charge in [-0.15, -0.1) is 0 Å². The molecule has 0 saturated carbocycles. The summed E-state index contributed by atoms with van der Waals surface area (Å²) in [4.78, 5) is 9.46. The third-order valence-electron chi connectivity index (χ3n) is 4.40. The van der Waals surface area contributed by atoms with E-state index in [9.17, 15) is 0 Å². The third-order valence-corrected chi connectivity index (χ3v) is 4.40. The monoisotopic (exact) mass is 292 g/mol. The van der Waals surface area contributed by atoms with E-state index in [0.29, 0.717) is 6.04 Å². The molecule has 1 saturated heterocycles. The summed E-state index contributed by atoms with van der Waals surface area (Å²) in [6.45, 7) is 2.14. The van der Waals surface area contributed by atoms with Gasteiger partial charge < -0.3 is 9.88 Å². The highest BCUT2D eigenvalue weighted by Crippen LogP contribution is 2.26. The van der Waals surface area contributed by atoms with Crippen molar-refractivity contribution in [1.29, 1.82) is 0 Å². The van der Waals surface area contributed by atoms with Gasteiger partial charge in [-0.2, -0.15) is 0 Å². The summed E-state index contributed by atoms with van der Waals surface area (Å²) in [6.07, 6.45) is 5.02. The van der Waals surface area contributed by atoms with E-state index in [-0.39, 0.29) is 0 Å². The van der Waals surface area contributed by atoms with Crippen molar-refractivity contribution in [2.75, 3.05) is 13.1 Å². The van der Waals surface area contributed by atoms with Crippen LogP contribution in [0, 0.1) is 0 Å². The molecule has 0 bridgehead atoms. The van der Waals surface area contributed by atoms with Crippen LogP contribution in [-0.2, 0) is 6.42 Å². The van der Waals surface area contributed by atoms with Crippen molar-refractivity contribution >= 4 is 11.2 Å². The largest absolute Gasteiger partial charge is 0.317 e. The first-order valence-electron chi connectivity index (χ1n) is 7.98. The summed E-state index contributed by atoms with van der Waals surface area (Å²) in [5.41, 5.74) is 3.33. The first-order valence-corrected chi connectivity index (χ1v) is 7.98. The van der Waals surface area contributed by atoms with Gasteiger partial charge in [0.2, 0.25) is 0 Å². The Bertz CT molecular complexity index is 757. The molecule has 0 radical (unpaired) electrons. The standard InChI is InChI=1S/C18H20N4/c1-2-5-14(6-3-1)13-17-21-16-7-4-10-20-18(16)22(17)15-8-11-19-12-9-15/h1-7,10,15,19H,8-9,11-13H2. The number of fused-ring (bicyclic) bond motifs is 1. The number of aromatic nitrogens is 3. The van der Waals surface area contributed by atoms with Crippen molar-refractivity contribution in [1.82, 2.24) is 19.9 Å². The summed E-state index contributed by atoms with van der Waals surface area (Å²) >= 11 is 0. The first-order chi connectivity index (χ1) is 10.9. The Balaban J connectivity index is 1.79. The zero-order valence-electron chi connectivity index (χ0n) is 12.6. The molecule has 0 amide bonds. The minimum absolute atomic E-state index is 0.500. The lowest BCUT2D eigenvalue weighted by atomic mass is 10.1. The van der Waals surface area contributed by atoms with Crippen LogP contribution in [0.5, 0.6) is 0 Å². The molecule has 3 aromatic rings. The third kappa shape index (κ3) is 2.50. The van der Waals surface area contributed by atoms with Crippen molar-refractivity contribution in [3.05, 3.63) is 60.0 Å². The van der Waals surface area contributed by atoms with Gasteiger partial charge in [0.05, 0.1) is 0 Å². The molecular weight excluding hydrogens is 272 g/mol. The molecule has 0 aliphatic carbocycles. The van der Waals surface area contributed by atoms with E-state index in [1.165, 1.54) is 5.56 Å². The van der Waals surface area contributed by atoms with Crippen LogP contribution < -0.4 is 5.32 Å². The smallest absolute Gasteiger partial charge is 0.160 e. The van der Waals surface area contributed by atoms with E-state index < -0.39 is 0 Å². The number of nitrogens with one attached hydrogen (secondary N) is 1. The number of piperidine rings is 1. The molecule has 22 heavy (non-hydrogen) atoms. The molecule has 1 aliphatic rings. The second-order valence-electron chi connectivity index (χ2n) is 5.89. The highest BCUT2D eigenvalue weighted by molar-refractivity contribution is 5.71. The van der Waals surface area contributed by atoms with Crippen LogP contribution in [0.3, 0.4) is 0 Å². The summed E-state index contributed by atoms with van der Waals surface area (Å²) in [6, 6.07) is 15.1. The topological polar surface area (TPSA) is 42.7 Å². The second-order valence-corrected chi connectivity index (χ2v) is 5.89. The molecule has 2 aromatic heterocycles. The van der Waals surface area contributed by atoms with Crippen molar-refractivity contribution in [2.45, 2.75) is 25.3 Å². The van der Waals surface area contributed by atoms with Crippen molar-refractivity contribution < 1.29 is 0 Å². The first kappa shape index (κ1) is 13.5. The number of pyridine rings is 1. The van der Waals surface area contributed by atoms with Crippen LogP contribution in [0.1, 0.15) is 30.3 Å². The molecule has 1 aliphatic heterocycles. The zero-order valence-corrected chi connectivity index (χ0v) is 12.6. The Labute approximate surface area is 130 Å². The van der Waals surface area contributed by atoms with E-state index in [0.717, 1.165) is 49.3 Å². The molecule has 0 unspecified atom stereocenters. The van der Waals surface area contributed by atoms with Gasteiger partial charge in [0.25, 0.3) is 0 Å². The Kier molecular flexibility index (Phi) is 3.60. The van der Waals surface area contributed by atoms with Gasteiger partial charge in [-0.3, -0.25) is 0 Å². The van der Waals surface area contributed by atoms with Crippen LogP contribution >= 0.6 is 0 Å². The number of imidazole rings is 1. The Morgan fingerprint density at radius 2 is 1.86 bits per heavy atom. The lowest BCUT2D eigenvalue weighted by molar-refractivity contribution is 0.367. The summed E-state index contributed by atoms with van der Waals surface area (Å²) in [7, 11) is 0. The number of rotatable bonds is 3. The minimum atomic E-state index is 0.500. The van der Waals surface area contributed by atoms with Crippen LogP contribution in [0.2, 0.25) is 0 Å². The lowest BCUT2D eigenvalue weighted by Gasteiger charge is -2.26. The number of hydrogen-bond acceptors (Lipinski definition) is 3. The Morgan fingerprint density at radius 1 is 1.05 bits per heavy atom. The summed E-state index contributed by atoms with van der Waals surface area (Å²) in [5, 5.41) is 3.44. The minimum Gasteiger partial charge on any atom is -0.317 e.